The second-order valence-electron chi connectivity index (χ2n) is 13.0. The molecule has 0 amide bonds. The topological polar surface area (TPSA) is 44.3 Å². The summed E-state index contributed by atoms with van der Waals surface area (Å²) in [7, 11) is 0. The fourth-order valence-electron chi connectivity index (χ4n) is 7.57. The van der Waals surface area contributed by atoms with Gasteiger partial charge in [-0.25, -0.2) is 0 Å². The van der Waals surface area contributed by atoms with Crippen molar-refractivity contribution < 1.29 is 4.42 Å². The number of hydrogen-bond acceptors (Lipinski definition) is 5. The van der Waals surface area contributed by atoms with Crippen molar-refractivity contribution >= 4 is 66.8 Å². The number of nitrogens with zero attached hydrogens (tertiary/aromatic N) is 4. The summed E-state index contributed by atoms with van der Waals surface area (Å²) in [4.78, 5) is 13.8. The van der Waals surface area contributed by atoms with Gasteiger partial charge in [0.25, 0.3) is 0 Å². The maximum Gasteiger partial charge on any atom is 0.138 e. The zero-order chi connectivity index (χ0) is 34.4. The van der Waals surface area contributed by atoms with Crippen LogP contribution in [-0.2, 0) is 0 Å². The van der Waals surface area contributed by atoms with Gasteiger partial charge in [-0.05, 0) is 83.7 Å². The maximum atomic E-state index is 6.71. The molecule has 0 unspecified atom stereocenters. The lowest BCUT2D eigenvalue weighted by Crippen LogP contribution is -2.23. The van der Waals surface area contributed by atoms with Crippen molar-refractivity contribution in [2.45, 2.75) is 0 Å². The number of benzene rings is 8. The molecule has 1 aliphatic rings. The molecule has 9 aromatic rings. The molecule has 52 heavy (non-hydrogen) atoms. The third kappa shape index (κ3) is 5.02. The first-order chi connectivity index (χ1) is 25.8. The van der Waals surface area contributed by atoms with E-state index < -0.39 is 0 Å². The minimum absolute atomic E-state index is 0.492. The molecule has 0 N–H and O–H groups in total. The summed E-state index contributed by atoms with van der Waals surface area (Å²) in [5, 5.41) is 6.40. The highest BCUT2D eigenvalue weighted by molar-refractivity contribution is 6.23. The standard InChI is InChI=1S/C47H32N4O/c1-4-13-33(14-5-1)50(36-25-23-32(24-26-36)38-21-12-22-42-47(38)49-31-48-42)37-27-28-44-41(29-37)46-40-20-11-10-19-39(40)43(30-45(46)52-44)51(34-15-6-2-7-16-34)35-17-8-3-9-18-35/h1-30H,31H2. The first-order valence-electron chi connectivity index (χ1n) is 17.5. The van der Waals surface area contributed by atoms with E-state index in [1.54, 1.807) is 0 Å². The largest absolute Gasteiger partial charge is 0.456 e. The normalized spacial score (nSPS) is 12.1. The minimum atomic E-state index is 0.492. The molecule has 0 saturated carbocycles. The lowest BCUT2D eigenvalue weighted by molar-refractivity contribution is 0.669. The Morgan fingerprint density at radius 1 is 0.423 bits per heavy atom. The van der Waals surface area contributed by atoms with E-state index in [2.05, 4.69) is 196 Å². The molecular weight excluding hydrogens is 637 g/mol. The molecule has 2 heterocycles. The van der Waals surface area contributed by atoms with Crippen molar-refractivity contribution in [1.29, 1.82) is 0 Å². The van der Waals surface area contributed by atoms with E-state index in [-0.39, 0.29) is 0 Å². The molecule has 0 saturated heterocycles. The number of anilines is 6. The van der Waals surface area contributed by atoms with Crippen LogP contribution < -0.4 is 20.5 Å². The number of furan rings is 1. The van der Waals surface area contributed by atoms with E-state index in [9.17, 15) is 0 Å². The van der Waals surface area contributed by atoms with Crippen molar-refractivity contribution in [2.75, 3.05) is 16.5 Å². The fourth-order valence-corrected chi connectivity index (χ4v) is 7.57. The van der Waals surface area contributed by atoms with E-state index in [0.29, 0.717) is 6.67 Å². The van der Waals surface area contributed by atoms with Crippen molar-refractivity contribution in [3.63, 3.8) is 0 Å². The zero-order valence-corrected chi connectivity index (χ0v) is 28.2. The molecule has 246 valence electrons. The SMILES string of the molecule is c1ccc(N(c2ccc(-c3cccc4c3=NCN=4)cc2)c2ccc3oc4cc(N(c5ccccc5)c5ccccc5)c5ccccc5c4c3c2)cc1. The summed E-state index contributed by atoms with van der Waals surface area (Å²) in [6.45, 7) is 0.492. The fraction of sp³-hybridized carbons (Fsp3) is 0.0213. The van der Waals surface area contributed by atoms with Gasteiger partial charge >= 0.3 is 0 Å². The lowest BCUT2D eigenvalue weighted by atomic mass is 10.00. The molecular formula is C47H32N4O. The van der Waals surface area contributed by atoms with Gasteiger partial charge in [-0.3, -0.25) is 9.98 Å². The van der Waals surface area contributed by atoms with Gasteiger partial charge in [0.2, 0.25) is 0 Å². The van der Waals surface area contributed by atoms with E-state index >= 15 is 0 Å². The molecule has 5 heteroatoms. The summed E-state index contributed by atoms with van der Waals surface area (Å²) in [5.41, 5.74) is 10.3. The second kappa shape index (κ2) is 12.4. The highest BCUT2D eigenvalue weighted by Gasteiger charge is 2.21. The van der Waals surface area contributed by atoms with Crippen LogP contribution in [0.4, 0.5) is 34.1 Å². The van der Waals surface area contributed by atoms with Crippen LogP contribution in [0.5, 0.6) is 0 Å². The Hall–Kier alpha value is -6.98. The first kappa shape index (κ1) is 29.9. The molecule has 1 aromatic heterocycles. The van der Waals surface area contributed by atoms with Gasteiger partial charge in [-0.2, -0.15) is 0 Å². The average Bonchev–Trinajstić information content (AvgIpc) is 3.85. The Kier molecular flexibility index (Phi) is 7.14. The van der Waals surface area contributed by atoms with E-state index in [1.807, 2.05) is 6.07 Å². The number of hydrogen-bond donors (Lipinski definition) is 0. The molecule has 8 aromatic carbocycles. The molecule has 10 rings (SSSR count). The van der Waals surface area contributed by atoms with Crippen LogP contribution in [0.15, 0.2) is 196 Å². The number of rotatable bonds is 7. The molecule has 0 spiro atoms. The highest BCUT2D eigenvalue weighted by atomic mass is 16.3. The smallest absolute Gasteiger partial charge is 0.138 e. The van der Waals surface area contributed by atoms with Gasteiger partial charge in [-0.15, -0.1) is 0 Å². The van der Waals surface area contributed by atoms with Gasteiger partial charge in [0, 0.05) is 56.2 Å². The Morgan fingerprint density at radius 3 is 1.71 bits per heavy atom. The molecule has 0 aliphatic carbocycles. The number of fused-ring (bicyclic) bond motifs is 6. The highest BCUT2D eigenvalue weighted by Crippen LogP contribution is 2.46. The minimum Gasteiger partial charge on any atom is -0.456 e. The van der Waals surface area contributed by atoms with E-state index in [0.717, 1.165) is 88.7 Å². The molecule has 0 atom stereocenters. The lowest BCUT2D eigenvalue weighted by Gasteiger charge is -2.27. The third-order valence-corrected chi connectivity index (χ3v) is 9.90. The third-order valence-electron chi connectivity index (χ3n) is 9.90. The molecule has 0 bridgehead atoms. The summed E-state index contributed by atoms with van der Waals surface area (Å²) >= 11 is 0. The summed E-state index contributed by atoms with van der Waals surface area (Å²) in [5.74, 6) is 0. The van der Waals surface area contributed by atoms with E-state index in [4.69, 9.17) is 4.42 Å². The Morgan fingerprint density at radius 2 is 1.02 bits per heavy atom. The molecule has 1 aliphatic heterocycles. The Balaban J connectivity index is 1.14. The van der Waals surface area contributed by atoms with Gasteiger partial charge in [0.1, 0.15) is 17.8 Å². The maximum absolute atomic E-state index is 6.71. The van der Waals surface area contributed by atoms with Crippen LogP contribution >= 0.6 is 0 Å². The molecule has 5 nitrogen and oxygen atoms in total. The first-order valence-corrected chi connectivity index (χ1v) is 17.5. The van der Waals surface area contributed by atoms with E-state index in [1.165, 1.54) is 0 Å². The molecule has 0 fully saturated rings. The number of para-hydroxylation sites is 4. The van der Waals surface area contributed by atoms with Crippen LogP contribution in [0.3, 0.4) is 0 Å². The predicted molar refractivity (Wildman–Crippen MR) is 213 cm³/mol. The van der Waals surface area contributed by atoms with Crippen LogP contribution in [-0.4, -0.2) is 6.67 Å². The van der Waals surface area contributed by atoms with Crippen LogP contribution in [0, 0.1) is 0 Å². The summed E-state index contributed by atoms with van der Waals surface area (Å²) in [6, 6.07) is 63.9. The Bertz CT molecular complexity index is 2830. The van der Waals surface area contributed by atoms with Crippen molar-refractivity contribution in [3.05, 3.63) is 193 Å². The van der Waals surface area contributed by atoms with Gasteiger partial charge < -0.3 is 14.2 Å². The molecule has 0 radical (unpaired) electrons. The van der Waals surface area contributed by atoms with Crippen LogP contribution in [0.1, 0.15) is 0 Å². The summed E-state index contributed by atoms with van der Waals surface area (Å²) < 4.78 is 6.71. The van der Waals surface area contributed by atoms with Crippen LogP contribution in [0.25, 0.3) is 43.8 Å². The average molecular weight is 669 g/mol. The van der Waals surface area contributed by atoms with Gasteiger partial charge in [0.05, 0.1) is 16.4 Å². The second-order valence-corrected chi connectivity index (χ2v) is 13.0. The van der Waals surface area contributed by atoms with Crippen molar-refractivity contribution in [3.8, 4) is 11.1 Å². The van der Waals surface area contributed by atoms with Gasteiger partial charge in [0.15, 0.2) is 0 Å². The summed E-state index contributed by atoms with van der Waals surface area (Å²) in [6.07, 6.45) is 0. The monoisotopic (exact) mass is 668 g/mol. The quantitative estimate of drug-likeness (QED) is 0.170. The zero-order valence-electron chi connectivity index (χ0n) is 28.2. The van der Waals surface area contributed by atoms with Crippen molar-refractivity contribution in [1.82, 2.24) is 0 Å². The van der Waals surface area contributed by atoms with Gasteiger partial charge in [-0.1, -0.05) is 103 Å². The predicted octanol–water partition coefficient (Wildman–Crippen LogP) is 11.6. The Labute approximate surface area is 300 Å². The van der Waals surface area contributed by atoms with Crippen LogP contribution in [0.2, 0.25) is 0 Å². The van der Waals surface area contributed by atoms with Crippen molar-refractivity contribution in [2.24, 2.45) is 9.98 Å².